The van der Waals surface area contributed by atoms with Gasteiger partial charge < -0.3 is 4.57 Å². The summed E-state index contributed by atoms with van der Waals surface area (Å²) in [6.45, 7) is 8.91. The highest BCUT2D eigenvalue weighted by molar-refractivity contribution is 6.36. The third-order valence-electron chi connectivity index (χ3n) is 3.38. The first kappa shape index (κ1) is 12.5. The van der Waals surface area contributed by atoms with Crippen molar-refractivity contribution in [2.75, 3.05) is 0 Å². The normalized spacial score (nSPS) is 12.0. The third-order valence-corrected chi connectivity index (χ3v) is 3.67. The van der Waals surface area contributed by atoms with Gasteiger partial charge in [-0.2, -0.15) is 0 Å². The number of rotatable bonds is 2. The van der Waals surface area contributed by atoms with Crippen molar-refractivity contribution in [2.24, 2.45) is 7.05 Å². The first-order chi connectivity index (χ1) is 7.91. The minimum Gasteiger partial charge on any atom is -0.349 e. The molecular formula is C15H20ClN. The zero-order valence-electron chi connectivity index (χ0n) is 11.2. The van der Waals surface area contributed by atoms with Crippen LogP contribution in [0.25, 0.3) is 10.9 Å². The highest BCUT2D eigenvalue weighted by atomic mass is 35.5. The van der Waals surface area contributed by atoms with E-state index in [1.54, 1.807) is 0 Å². The summed E-state index contributed by atoms with van der Waals surface area (Å²) in [7, 11) is 2.06. The molecule has 17 heavy (non-hydrogen) atoms. The monoisotopic (exact) mass is 249 g/mol. The van der Waals surface area contributed by atoms with Crippen molar-refractivity contribution in [3.05, 3.63) is 34.5 Å². The van der Waals surface area contributed by atoms with Crippen LogP contribution in [0.5, 0.6) is 0 Å². The summed E-state index contributed by atoms with van der Waals surface area (Å²) in [4.78, 5) is 0. The van der Waals surface area contributed by atoms with Crippen molar-refractivity contribution in [3.8, 4) is 0 Å². The Kier molecular flexibility index (Phi) is 3.22. The number of hydrogen-bond acceptors (Lipinski definition) is 0. The number of aryl methyl sites for hydroxylation is 1. The molecule has 0 bridgehead atoms. The predicted octanol–water partition coefficient (Wildman–Crippen LogP) is 5.08. The largest absolute Gasteiger partial charge is 0.349 e. The number of aromatic nitrogens is 1. The van der Waals surface area contributed by atoms with Crippen LogP contribution in [-0.4, -0.2) is 4.57 Å². The molecule has 0 aliphatic rings. The van der Waals surface area contributed by atoms with Crippen LogP contribution in [0.4, 0.5) is 0 Å². The standard InChI is InChI=1S/C15H20ClN/c1-9(2)11-6-12(10(3)4)15-13(16)8-17(5)14(15)7-11/h6-10H,1-5H3. The van der Waals surface area contributed by atoms with Crippen LogP contribution >= 0.6 is 11.6 Å². The average molecular weight is 250 g/mol. The fourth-order valence-electron chi connectivity index (χ4n) is 2.30. The van der Waals surface area contributed by atoms with E-state index in [2.05, 4.69) is 51.4 Å². The highest BCUT2D eigenvalue weighted by Gasteiger charge is 2.14. The molecular weight excluding hydrogens is 230 g/mol. The molecule has 0 amide bonds. The van der Waals surface area contributed by atoms with Gasteiger partial charge in [0, 0.05) is 24.1 Å². The molecule has 92 valence electrons. The lowest BCUT2D eigenvalue weighted by molar-refractivity contribution is 0.839. The number of halogens is 1. The molecule has 1 nitrogen and oxygen atoms in total. The van der Waals surface area contributed by atoms with Crippen molar-refractivity contribution < 1.29 is 0 Å². The summed E-state index contributed by atoms with van der Waals surface area (Å²) >= 11 is 6.34. The zero-order chi connectivity index (χ0) is 12.7. The van der Waals surface area contributed by atoms with Crippen LogP contribution in [0, 0.1) is 0 Å². The zero-order valence-corrected chi connectivity index (χ0v) is 12.0. The minimum absolute atomic E-state index is 0.496. The molecule has 0 saturated carbocycles. The van der Waals surface area contributed by atoms with Gasteiger partial charge in [0.2, 0.25) is 0 Å². The summed E-state index contributed by atoms with van der Waals surface area (Å²) in [5.41, 5.74) is 3.99. The number of fused-ring (bicyclic) bond motifs is 1. The predicted molar refractivity (Wildman–Crippen MR) is 76.1 cm³/mol. The summed E-state index contributed by atoms with van der Waals surface area (Å²) in [6.07, 6.45) is 2.00. The van der Waals surface area contributed by atoms with Gasteiger partial charge in [-0.05, 0) is 29.0 Å². The molecule has 0 radical (unpaired) electrons. The van der Waals surface area contributed by atoms with Crippen LogP contribution in [0.1, 0.15) is 50.7 Å². The summed E-state index contributed by atoms with van der Waals surface area (Å²) < 4.78 is 2.12. The van der Waals surface area contributed by atoms with Crippen molar-refractivity contribution in [3.63, 3.8) is 0 Å². The van der Waals surface area contributed by atoms with Gasteiger partial charge in [0.15, 0.2) is 0 Å². The van der Waals surface area contributed by atoms with E-state index in [9.17, 15) is 0 Å². The maximum absolute atomic E-state index is 6.34. The lowest BCUT2D eigenvalue weighted by Gasteiger charge is -2.14. The fraction of sp³-hybridized carbons (Fsp3) is 0.467. The Labute approximate surface area is 108 Å². The van der Waals surface area contributed by atoms with E-state index in [4.69, 9.17) is 11.6 Å². The first-order valence-corrected chi connectivity index (χ1v) is 6.58. The topological polar surface area (TPSA) is 4.93 Å². The first-order valence-electron chi connectivity index (χ1n) is 6.20. The molecule has 1 aromatic carbocycles. The van der Waals surface area contributed by atoms with Gasteiger partial charge in [0.25, 0.3) is 0 Å². The van der Waals surface area contributed by atoms with E-state index in [1.165, 1.54) is 22.0 Å². The molecule has 0 atom stereocenters. The molecule has 0 N–H and O–H groups in total. The lowest BCUT2D eigenvalue weighted by Crippen LogP contribution is -1.96. The number of benzene rings is 1. The Bertz CT molecular complexity index is 550. The second kappa shape index (κ2) is 4.38. The Morgan fingerprint density at radius 2 is 1.71 bits per heavy atom. The summed E-state index contributed by atoms with van der Waals surface area (Å²) in [5.74, 6) is 1.04. The maximum Gasteiger partial charge on any atom is 0.0664 e. The van der Waals surface area contributed by atoms with Gasteiger partial charge in [-0.3, -0.25) is 0 Å². The van der Waals surface area contributed by atoms with Gasteiger partial charge in [-0.15, -0.1) is 0 Å². The van der Waals surface area contributed by atoms with Crippen LogP contribution in [0.2, 0.25) is 5.02 Å². The molecule has 2 rings (SSSR count). The molecule has 0 fully saturated rings. The number of nitrogens with zero attached hydrogens (tertiary/aromatic N) is 1. The Morgan fingerprint density at radius 1 is 1.06 bits per heavy atom. The Morgan fingerprint density at radius 3 is 2.24 bits per heavy atom. The van der Waals surface area contributed by atoms with Crippen LogP contribution < -0.4 is 0 Å². The van der Waals surface area contributed by atoms with Crippen molar-refractivity contribution in [1.82, 2.24) is 4.57 Å². The van der Waals surface area contributed by atoms with Crippen LogP contribution in [-0.2, 0) is 7.05 Å². The number of hydrogen-bond donors (Lipinski definition) is 0. The van der Waals surface area contributed by atoms with Crippen LogP contribution in [0.15, 0.2) is 18.3 Å². The average Bonchev–Trinajstić information content (AvgIpc) is 2.53. The SMILES string of the molecule is CC(C)c1cc(C(C)C)c2c(Cl)cn(C)c2c1. The molecule has 1 aromatic heterocycles. The van der Waals surface area contributed by atoms with Gasteiger partial charge in [-0.25, -0.2) is 0 Å². The van der Waals surface area contributed by atoms with Gasteiger partial charge in [0.05, 0.1) is 5.02 Å². The quantitative estimate of drug-likeness (QED) is 0.700. The fourth-order valence-corrected chi connectivity index (χ4v) is 2.65. The van der Waals surface area contributed by atoms with E-state index in [-0.39, 0.29) is 0 Å². The van der Waals surface area contributed by atoms with E-state index in [1.807, 2.05) is 6.20 Å². The van der Waals surface area contributed by atoms with E-state index < -0.39 is 0 Å². The van der Waals surface area contributed by atoms with Gasteiger partial charge in [-0.1, -0.05) is 45.4 Å². The van der Waals surface area contributed by atoms with E-state index in [0.29, 0.717) is 11.8 Å². The molecule has 0 aliphatic carbocycles. The third kappa shape index (κ3) is 2.09. The maximum atomic E-state index is 6.34. The smallest absolute Gasteiger partial charge is 0.0664 e. The van der Waals surface area contributed by atoms with E-state index in [0.717, 1.165) is 5.02 Å². The summed E-state index contributed by atoms with van der Waals surface area (Å²) in [6, 6.07) is 4.57. The van der Waals surface area contributed by atoms with Crippen molar-refractivity contribution >= 4 is 22.5 Å². The molecule has 2 aromatic rings. The summed E-state index contributed by atoms with van der Waals surface area (Å²) in [5, 5.41) is 2.08. The molecule has 2 heteroatoms. The second-order valence-electron chi connectivity index (χ2n) is 5.40. The van der Waals surface area contributed by atoms with Crippen molar-refractivity contribution in [2.45, 2.75) is 39.5 Å². The molecule has 0 aliphatic heterocycles. The van der Waals surface area contributed by atoms with Gasteiger partial charge >= 0.3 is 0 Å². The van der Waals surface area contributed by atoms with Crippen molar-refractivity contribution in [1.29, 1.82) is 0 Å². The highest BCUT2D eigenvalue weighted by Crippen LogP contribution is 2.35. The van der Waals surface area contributed by atoms with E-state index >= 15 is 0 Å². The Hall–Kier alpha value is -0.950. The Balaban J connectivity index is 2.83. The molecule has 0 spiro atoms. The molecule has 0 saturated heterocycles. The van der Waals surface area contributed by atoms with Crippen LogP contribution in [0.3, 0.4) is 0 Å². The lowest BCUT2D eigenvalue weighted by atomic mass is 9.93. The second-order valence-corrected chi connectivity index (χ2v) is 5.81. The minimum atomic E-state index is 0.496. The molecule has 1 heterocycles. The molecule has 0 unspecified atom stereocenters. The van der Waals surface area contributed by atoms with Gasteiger partial charge in [0.1, 0.15) is 0 Å².